The molecule has 1 aliphatic heterocycles. The summed E-state index contributed by atoms with van der Waals surface area (Å²) in [4.78, 5) is 17.6. The highest BCUT2D eigenvalue weighted by Gasteiger charge is 2.28. The van der Waals surface area contributed by atoms with Crippen molar-refractivity contribution in [1.29, 1.82) is 0 Å². The van der Waals surface area contributed by atoms with E-state index in [1.54, 1.807) is 0 Å². The molecule has 0 bridgehead atoms. The molecule has 8 nitrogen and oxygen atoms in total. The number of anilines is 1. The Labute approximate surface area is 197 Å². The van der Waals surface area contributed by atoms with Crippen LogP contribution in [0.2, 0.25) is 0 Å². The third kappa shape index (κ3) is 4.93. The second-order valence-corrected chi connectivity index (χ2v) is 10.5. The van der Waals surface area contributed by atoms with Gasteiger partial charge in [0, 0.05) is 24.0 Å². The average Bonchev–Trinajstić information content (AvgIpc) is 3.29. The van der Waals surface area contributed by atoms with E-state index in [2.05, 4.69) is 16.4 Å². The molecule has 1 aromatic heterocycles. The molecule has 0 spiro atoms. The Hall–Kier alpha value is -2.79. The molecule has 2 aromatic carbocycles. The van der Waals surface area contributed by atoms with Gasteiger partial charge < -0.3 is 9.47 Å². The zero-order chi connectivity index (χ0) is 23.6. The predicted molar refractivity (Wildman–Crippen MR) is 128 cm³/mol. The van der Waals surface area contributed by atoms with Crippen LogP contribution in [0.5, 0.6) is 5.75 Å². The Balaban J connectivity index is 1.58. The zero-order valence-electron chi connectivity index (χ0n) is 18.6. The first-order valence-corrected chi connectivity index (χ1v) is 12.7. The maximum Gasteiger partial charge on any atom is 0.261 e. The van der Waals surface area contributed by atoms with Gasteiger partial charge in [-0.05, 0) is 49.2 Å². The van der Waals surface area contributed by atoms with Crippen molar-refractivity contribution < 1.29 is 22.7 Å². The minimum absolute atomic E-state index is 0.0327. The molecule has 1 aliphatic rings. The molecule has 0 atom stereocenters. The number of sulfonamides is 1. The Kier molecular flexibility index (Phi) is 6.80. The number of hydrogen-bond donors (Lipinski definition) is 1. The fourth-order valence-corrected chi connectivity index (χ4v) is 5.64. The highest BCUT2D eigenvalue weighted by atomic mass is 32.2. The average molecular weight is 488 g/mol. The van der Waals surface area contributed by atoms with E-state index in [4.69, 9.17) is 9.47 Å². The minimum Gasteiger partial charge on any atom is -0.496 e. The molecule has 1 N–H and O–H groups in total. The highest BCUT2D eigenvalue weighted by molar-refractivity contribution is 7.89. The van der Waals surface area contributed by atoms with Crippen molar-refractivity contribution in [2.24, 2.45) is 0 Å². The van der Waals surface area contributed by atoms with Gasteiger partial charge in [-0.25, -0.2) is 13.4 Å². The van der Waals surface area contributed by atoms with E-state index in [9.17, 15) is 13.2 Å². The van der Waals surface area contributed by atoms with Gasteiger partial charge in [0.2, 0.25) is 10.0 Å². The van der Waals surface area contributed by atoms with Gasteiger partial charge in [0.15, 0.2) is 5.13 Å². The van der Waals surface area contributed by atoms with E-state index in [0.717, 1.165) is 16.8 Å². The molecule has 0 unspecified atom stereocenters. The van der Waals surface area contributed by atoms with Crippen LogP contribution in [0.1, 0.15) is 21.5 Å². The molecule has 4 rings (SSSR count). The van der Waals surface area contributed by atoms with Crippen LogP contribution in [-0.4, -0.2) is 57.0 Å². The number of carbonyl (C=O) groups excluding carboxylic acids is 1. The van der Waals surface area contributed by atoms with E-state index >= 15 is 0 Å². The SMILES string of the molecule is COc1ccc(S(=O)(=O)N2CCOCC2)cc1C(=O)Nc1nc(-c2ccc(C)c(C)c2)cs1. The molecule has 33 heavy (non-hydrogen) atoms. The normalized spacial score (nSPS) is 14.8. The molecule has 1 amide bonds. The maximum absolute atomic E-state index is 13.0. The van der Waals surface area contributed by atoms with Crippen molar-refractivity contribution in [2.45, 2.75) is 18.7 Å². The Bertz CT molecular complexity index is 1280. The van der Waals surface area contributed by atoms with Crippen molar-refractivity contribution in [2.75, 3.05) is 38.7 Å². The van der Waals surface area contributed by atoms with Gasteiger partial charge in [-0.1, -0.05) is 12.1 Å². The predicted octanol–water partition coefficient (Wildman–Crippen LogP) is 3.71. The number of aromatic nitrogens is 1. The quantitative estimate of drug-likeness (QED) is 0.569. The second kappa shape index (κ2) is 9.60. The van der Waals surface area contributed by atoms with Gasteiger partial charge >= 0.3 is 0 Å². The van der Waals surface area contributed by atoms with Crippen LogP contribution in [0.25, 0.3) is 11.3 Å². The summed E-state index contributed by atoms with van der Waals surface area (Å²) in [5.41, 5.74) is 4.20. The Morgan fingerprint density at radius 3 is 2.58 bits per heavy atom. The minimum atomic E-state index is -3.75. The summed E-state index contributed by atoms with van der Waals surface area (Å²) in [6.45, 7) is 5.32. The first kappa shape index (κ1) is 23.4. The highest BCUT2D eigenvalue weighted by Crippen LogP contribution is 2.29. The van der Waals surface area contributed by atoms with Crippen LogP contribution in [0.4, 0.5) is 5.13 Å². The van der Waals surface area contributed by atoms with E-state index in [0.29, 0.717) is 18.3 Å². The molecular weight excluding hydrogens is 462 g/mol. The van der Waals surface area contributed by atoms with E-state index in [-0.39, 0.29) is 29.3 Å². The molecule has 0 radical (unpaired) electrons. The van der Waals surface area contributed by atoms with Gasteiger partial charge in [-0.2, -0.15) is 4.31 Å². The van der Waals surface area contributed by atoms with E-state index in [1.807, 2.05) is 31.4 Å². The number of carbonyl (C=O) groups is 1. The summed E-state index contributed by atoms with van der Waals surface area (Å²) in [7, 11) is -2.32. The second-order valence-electron chi connectivity index (χ2n) is 7.67. The number of nitrogens with zero attached hydrogens (tertiary/aromatic N) is 2. The summed E-state index contributed by atoms with van der Waals surface area (Å²) in [5.74, 6) is -0.216. The topological polar surface area (TPSA) is 97.8 Å². The molecule has 3 aromatic rings. The lowest BCUT2D eigenvalue weighted by atomic mass is 10.1. The standard InChI is InChI=1S/C23H25N3O5S2/c1-15-4-5-17(12-16(15)2)20-14-32-23(24-20)25-22(27)19-13-18(6-7-21(19)30-3)33(28,29)26-8-10-31-11-9-26/h4-7,12-14H,8-11H2,1-3H3,(H,24,25,27). The monoisotopic (exact) mass is 487 g/mol. The van der Waals surface area contributed by atoms with Crippen LogP contribution in [-0.2, 0) is 14.8 Å². The van der Waals surface area contributed by atoms with Crippen molar-refractivity contribution in [1.82, 2.24) is 9.29 Å². The number of hydrogen-bond acceptors (Lipinski definition) is 7. The van der Waals surface area contributed by atoms with Gasteiger partial charge in [-0.3, -0.25) is 10.1 Å². The van der Waals surface area contributed by atoms with Gasteiger partial charge in [0.1, 0.15) is 5.75 Å². The number of aryl methyl sites for hydroxylation is 2. The Morgan fingerprint density at radius 2 is 1.88 bits per heavy atom. The molecule has 0 aliphatic carbocycles. The van der Waals surface area contributed by atoms with E-state index in [1.165, 1.54) is 46.5 Å². The Morgan fingerprint density at radius 1 is 1.12 bits per heavy atom. The van der Waals surface area contributed by atoms with Crippen LogP contribution < -0.4 is 10.1 Å². The van der Waals surface area contributed by atoms with Crippen molar-refractivity contribution in [3.8, 4) is 17.0 Å². The molecule has 1 fully saturated rings. The third-order valence-corrected chi connectivity index (χ3v) is 8.20. The zero-order valence-corrected chi connectivity index (χ0v) is 20.3. The first-order chi connectivity index (χ1) is 15.8. The first-order valence-electron chi connectivity index (χ1n) is 10.4. The van der Waals surface area contributed by atoms with Crippen LogP contribution >= 0.6 is 11.3 Å². The number of morpholine rings is 1. The molecule has 174 valence electrons. The molecule has 10 heteroatoms. The fourth-order valence-electron chi connectivity index (χ4n) is 3.49. The van der Waals surface area contributed by atoms with Crippen molar-refractivity contribution in [3.63, 3.8) is 0 Å². The van der Waals surface area contributed by atoms with Crippen LogP contribution in [0, 0.1) is 13.8 Å². The summed E-state index contributed by atoms with van der Waals surface area (Å²) in [6.07, 6.45) is 0. The summed E-state index contributed by atoms with van der Waals surface area (Å²) < 4.78 is 38.0. The largest absolute Gasteiger partial charge is 0.496 e. The lowest BCUT2D eigenvalue weighted by Crippen LogP contribution is -2.40. The van der Waals surface area contributed by atoms with Gasteiger partial charge in [0.05, 0.1) is 36.5 Å². The lowest BCUT2D eigenvalue weighted by Gasteiger charge is -2.26. The number of ether oxygens (including phenoxy) is 2. The fraction of sp³-hybridized carbons (Fsp3) is 0.304. The number of nitrogens with one attached hydrogen (secondary N) is 1. The summed E-state index contributed by atoms with van der Waals surface area (Å²) in [6, 6.07) is 10.4. The number of thiazole rings is 1. The summed E-state index contributed by atoms with van der Waals surface area (Å²) in [5, 5.41) is 5.05. The van der Waals surface area contributed by atoms with Crippen LogP contribution in [0.3, 0.4) is 0 Å². The maximum atomic E-state index is 13.0. The lowest BCUT2D eigenvalue weighted by molar-refractivity contribution is 0.0730. The van der Waals surface area contributed by atoms with Gasteiger partial charge in [0.25, 0.3) is 5.91 Å². The molecular formula is C23H25N3O5S2. The number of rotatable bonds is 6. The smallest absolute Gasteiger partial charge is 0.261 e. The van der Waals surface area contributed by atoms with Crippen LogP contribution in [0.15, 0.2) is 46.7 Å². The summed E-state index contributed by atoms with van der Waals surface area (Å²) >= 11 is 1.30. The van der Waals surface area contributed by atoms with Crippen molar-refractivity contribution in [3.05, 3.63) is 58.5 Å². The number of benzene rings is 2. The van der Waals surface area contributed by atoms with E-state index < -0.39 is 15.9 Å². The number of amides is 1. The van der Waals surface area contributed by atoms with Crippen molar-refractivity contribution >= 4 is 32.4 Å². The molecule has 2 heterocycles. The molecule has 0 saturated carbocycles. The third-order valence-electron chi connectivity index (χ3n) is 5.55. The molecule has 1 saturated heterocycles. The van der Waals surface area contributed by atoms with Gasteiger partial charge in [-0.15, -0.1) is 11.3 Å². The number of methoxy groups -OCH3 is 1.